The first-order valence-corrected chi connectivity index (χ1v) is 9.22. The molecular weight excluding hydrogens is 284 g/mol. The normalized spacial score (nSPS) is 44.6. The molecule has 2 nitrogen and oxygen atoms in total. The fourth-order valence-electron chi connectivity index (χ4n) is 6.14. The Labute approximate surface area is 139 Å². The molecule has 23 heavy (non-hydrogen) atoms. The van der Waals surface area contributed by atoms with Crippen molar-refractivity contribution in [2.45, 2.75) is 59.3 Å². The average Bonchev–Trinajstić information content (AvgIpc) is 2.88. The van der Waals surface area contributed by atoms with Crippen molar-refractivity contribution in [1.82, 2.24) is 0 Å². The van der Waals surface area contributed by atoms with Gasteiger partial charge < -0.3 is 4.74 Å². The molecule has 4 aliphatic carbocycles. The topological polar surface area (TPSA) is 26.3 Å². The summed E-state index contributed by atoms with van der Waals surface area (Å²) in [7, 11) is 0. The van der Waals surface area contributed by atoms with E-state index in [1.807, 2.05) is 0 Å². The number of carbonyl (C=O) groups excluding carboxylic acids is 1. The maximum Gasteiger partial charge on any atom is 0.307 e. The average molecular weight is 312 g/mol. The lowest BCUT2D eigenvalue weighted by Gasteiger charge is -2.54. The number of fused-ring (bicyclic) bond motifs is 5. The molecule has 2 heteroatoms. The molecule has 0 bridgehead atoms. The van der Waals surface area contributed by atoms with Crippen LogP contribution in [0.15, 0.2) is 35.6 Å². The third-order valence-electron chi connectivity index (χ3n) is 7.28. The van der Waals surface area contributed by atoms with Gasteiger partial charge in [0.2, 0.25) is 0 Å². The minimum atomic E-state index is -0.201. The highest BCUT2D eigenvalue weighted by Gasteiger charge is 2.54. The zero-order chi connectivity index (χ0) is 16.2. The monoisotopic (exact) mass is 312 g/mol. The summed E-state index contributed by atoms with van der Waals surface area (Å²) in [4.78, 5) is 11.5. The summed E-state index contributed by atoms with van der Waals surface area (Å²) >= 11 is 0. The Balaban J connectivity index is 1.76. The largest absolute Gasteiger partial charge is 0.431 e. The van der Waals surface area contributed by atoms with Gasteiger partial charge in [-0.15, -0.1) is 0 Å². The van der Waals surface area contributed by atoms with Crippen LogP contribution in [0.1, 0.15) is 59.3 Å². The van der Waals surface area contributed by atoms with E-state index in [-0.39, 0.29) is 11.4 Å². The standard InChI is InChI=1S/C21H28O2/c1-14(22)23-19-7-5-12-21(3)17-10-13-20(2)11-4-6-16(20)15(17)8-9-18(19)21/h5,8-9,12,15-17H,4,6-7,10-11,13H2,1-3H3/t15-,16-,17-,20-,21+/m0/s1. The Bertz CT molecular complexity index is 626. The predicted molar refractivity (Wildman–Crippen MR) is 91.5 cm³/mol. The van der Waals surface area contributed by atoms with Crippen LogP contribution >= 0.6 is 0 Å². The van der Waals surface area contributed by atoms with Crippen molar-refractivity contribution >= 4 is 5.97 Å². The number of hydrogen-bond acceptors (Lipinski definition) is 2. The van der Waals surface area contributed by atoms with Crippen LogP contribution in [0.5, 0.6) is 0 Å². The molecule has 5 atom stereocenters. The van der Waals surface area contributed by atoms with Gasteiger partial charge in [0.15, 0.2) is 0 Å². The van der Waals surface area contributed by atoms with Gasteiger partial charge in [0.25, 0.3) is 0 Å². The highest BCUT2D eigenvalue weighted by atomic mass is 16.5. The second-order valence-electron chi connectivity index (χ2n) is 8.55. The van der Waals surface area contributed by atoms with Crippen LogP contribution < -0.4 is 0 Å². The molecule has 0 radical (unpaired) electrons. The van der Waals surface area contributed by atoms with Crippen molar-refractivity contribution in [2.24, 2.45) is 28.6 Å². The molecule has 4 rings (SSSR count). The van der Waals surface area contributed by atoms with Gasteiger partial charge in [0, 0.05) is 24.3 Å². The van der Waals surface area contributed by atoms with Gasteiger partial charge in [0.05, 0.1) is 0 Å². The van der Waals surface area contributed by atoms with Crippen LogP contribution in [0, 0.1) is 28.6 Å². The zero-order valence-corrected chi connectivity index (χ0v) is 14.6. The van der Waals surface area contributed by atoms with Gasteiger partial charge in [-0.2, -0.15) is 0 Å². The Morgan fingerprint density at radius 2 is 2.04 bits per heavy atom. The molecule has 0 unspecified atom stereocenters. The summed E-state index contributed by atoms with van der Waals surface area (Å²) in [6, 6.07) is 0. The summed E-state index contributed by atoms with van der Waals surface area (Å²) in [6.07, 6.45) is 16.9. The summed E-state index contributed by atoms with van der Waals surface area (Å²) < 4.78 is 5.55. The SMILES string of the molecule is CC(=O)OC1=C2C=C[C@H]3[C@@H]4CCC[C@@]4(C)CC[C@@H]3[C@@]2(C)C=CC1. The Morgan fingerprint density at radius 1 is 1.22 bits per heavy atom. The number of hydrogen-bond donors (Lipinski definition) is 0. The van der Waals surface area contributed by atoms with Gasteiger partial charge in [-0.25, -0.2) is 0 Å². The third kappa shape index (κ3) is 2.17. The van der Waals surface area contributed by atoms with Gasteiger partial charge in [-0.3, -0.25) is 4.79 Å². The van der Waals surface area contributed by atoms with Gasteiger partial charge in [-0.1, -0.05) is 44.6 Å². The van der Waals surface area contributed by atoms with E-state index in [9.17, 15) is 4.79 Å². The molecule has 2 saturated carbocycles. The highest BCUT2D eigenvalue weighted by Crippen LogP contribution is 2.63. The van der Waals surface area contributed by atoms with Crippen molar-refractivity contribution in [2.75, 3.05) is 0 Å². The van der Waals surface area contributed by atoms with Crippen LogP contribution in [0.3, 0.4) is 0 Å². The second kappa shape index (κ2) is 5.09. The van der Waals surface area contributed by atoms with Crippen molar-refractivity contribution in [3.8, 4) is 0 Å². The first-order valence-electron chi connectivity index (χ1n) is 9.22. The second-order valence-corrected chi connectivity index (χ2v) is 8.55. The summed E-state index contributed by atoms with van der Waals surface area (Å²) in [5, 5.41) is 0. The lowest BCUT2D eigenvalue weighted by Crippen LogP contribution is -2.46. The van der Waals surface area contributed by atoms with E-state index in [4.69, 9.17) is 4.74 Å². The van der Waals surface area contributed by atoms with E-state index >= 15 is 0 Å². The lowest BCUT2D eigenvalue weighted by molar-refractivity contribution is -0.137. The molecule has 0 aromatic rings. The fraction of sp³-hybridized carbons (Fsp3) is 0.667. The van der Waals surface area contributed by atoms with Gasteiger partial charge >= 0.3 is 5.97 Å². The Morgan fingerprint density at radius 3 is 2.83 bits per heavy atom. The van der Waals surface area contributed by atoms with Crippen LogP contribution in [0.4, 0.5) is 0 Å². The smallest absolute Gasteiger partial charge is 0.307 e. The minimum Gasteiger partial charge on any atom is -0.431 e. The van der Waals surface area contributed by atoms with Crippen molar-refractivity contribution in [3.63, 3.8) is 0 Å². The molecule has 0 amide bonds. The maximum atomic E-state index is 11.5. The summed E-state index contributed by atoms with van der Waals surface area (Å²) in [6.45, 7) is 6.38. The molecule has 0 N–H and O–H groups in total. The van der Waals surface area contributed by atoms with Crippen LogP contribution in [-0.4, -0.2) is 5.97 Å². The van der Waals surface area contributed by atoms with E-state index < -0.39 is 0 Å². The first-order chi connectivity index (χ1) is 10.9. The molecule has 0 aliphatic heterocycles. The number of esters is 1. The lowest BCUT2D eigenvalue weighted by atomic mass is 9.50. The summed E-state index contributed by atoms with van der Waals surface area (Å²) in [5.74, 6) is 2.85. The number of ether oxygens (including phenoxy) is 1. The van der Waals surface area contributed by atoms with Crippen LogP contribution in [-0.2, 0) is 9.53 Å². The van der Waals surface area contributed by atoms with E-state index in [2.05, 4.69) is 38.2 Å². The zero-order valence-electron chi connectivity index (χ0n) is 14.6. The molecule has 0 saturated heterocycles. The predicted octanol–water partition coefficient (Wildman–Crippen LogP) is 5.17. The van der Waals surface area contributed by atoms with Crippen LogP contribution in [0.2, 0.25) is 0 Å². The quantitative estimate of drug-likeness (QED) is 0.493. The maximum absolute atomic E-state index is 11.5. The molecule has 4 aliphatic rings. The Hall–Kier alpha value is -1.31. The van der Waals surface area contributed by atoms with Crippen molar-refractivity contribution in [1.29, 1.82) is 0 Å². The number of carbonyl (C=O) groups is 1. The number of rotatable bonds is 1. The molecule has 0 aromatic carbocycles. The molecule has 2 fully saturated rings. The van der Waals surface area contributed by atoms with E-state index in [0.29, 0.717) is 17.3 Å². The van der Waals surface area contributed by atoms with E-state index in [1.165, 1.54) is 44.6 Å². The molecular formula is C21H28O2. The van der Waals surface area contributed by atoms with E-state index in [1.54, 1.807) is 0 Å². The third-order valence-corrected chi connectivity index (χ3v) is 7.28. The van der Waals surface area contributed by atoms with Crippen molar-refractivity contribution < 1.29 is 9.53 Å². The summed E-state index contributed by atoms with van der Waals surface area (Å²) in [5.41, 5.74) is 1.84. The molecule has 0 spiro atoms. The van der Waals surface area contributed by atoms with Gasteiger partial charge in [0.1, 0.15) is 5.76 Å². The fourth-order valence-corrected chi connectivity index (χ4v) is 6.14. The van der Waals surface area contributed by atoms with E-state index in [0.717, 1.165) is 18.1 Å². The minimum absolute atomic E-state index is 0.0341. The molecule has 124 valence electrons. The first kappa shape index (κ1) is 15.2. The van der Waals surface area contributed by atoms with Crippen molar-refractivity contribution in [3.05, 3.63) is 35.6 Å². The van der Waals surface area contributed by atoms with Gasteiger partial charge in [-0.05, 0) is 48.9 Å². The molecule has 0 aromatic heterocycles. The number of allylic oxidation sites excluding steroid dienone is 5. The molecule has 0 heterocycles. The highest BCUT2D eigenvalue weighted by molar-refractivity contribution is 5.68. The Kier molecular flexibility index (Phi) is 3.37. The van der Waals surface area contributed by atoms with Crippen LogP contribution in [0.25, 0.3) is 0 Å².